The van der Waals surface area contributed by atoms with E-state index < -0.39 is 72.6 Å². The van der Waals surface area contributed by atoms with Crippen molar-refractivity contribution < 1.29 is 39.0 Å². The molecular weight excluding hydrogens is 500 g/mol. The Morgan fingerprint density at radius 3 is 1.89 bits per heavy atom. The second kappa shape index (κ2) is 16.9. The number of nitrogens with two attached hydrogens (primary N) is 4. The number of primary amides is 1. The minimum Gasteiger partial charge on any atom is -0.481 e. The number of aliphatic imine (C=N–C) groups is 1. The molecule has 13 N–H and O–H groups in total. The molecule has 0 saturated carbocycles. The molecule has 0 radical (unpaired) electrons. The zero-order valence-electron chi connectivity index (χ0n) is 19.8. The molecule has 0 bridgehead atoms. The lowest BCUT2D eigenvalue weighted by atomic mass is 10.1. The number of nitrogens with zero attached hydrogens (tertiary/aromatic N) is 1. The molecule has 0 aliphatic rings. The van der Waals surface area contributed by atoms with Gasteiger partial charge in [-0.05, 0) is 31.3 Å². The summed E-state index contributed by atoms with van der Waals surface area (Å²) in [6.07, 6.45) is 0.879. The number of guanidine groups is 1. The predicted octanol–water partition coefficient (Wildman–Crippen LogP) is -3.99. The number of rotatable bonds is 18. The highest BCUT2D eigenvalue weighted by Gasteiger charge is 2.31. The number of carboxylic acid groups (broad SMARTS) is 2. The van der Waals surface area contributed by atoms with Gasteiger partial charge >= 0.3 is 11.9 Å². The molecule has 0 aliphatic heterocycles. The van der Waals surface area contributed by atoms with E-state index in [0.29, 0.717) is 12.2 Å². The van der Waals surface area contributed by atoms with Crippen LogP contribution >= 0.6 is 11.8 Å². The van der Waals surface area contributed by atoms with Crippen molar-refractivity contribution in [2.24, 2.45) is 27.9 Å². The summed E-state index contributed by atoms with van der Waals surface area (Å²) in [4.78, 5) is 75.2. The molecule has 4 amide bonds. The molecule has 0 aromatic carbocycles. The Balaban J connectivity index is 5.40. The van der Waals surface area contributed by atoms with Crippen molar-refractivity contribution in [3.8, 4) is 0 Å². The van der Waals surface area contributed by atoms with Gasteiger partial charge in [0.25, 0.3) is 0 Å². The molecule has 0 spiro atoms. The fraction of sp³-hybridized carbons (Fsp3) is 0.632. The maximum Gasteiger partial charge on any atom is 0.326 e. The number of carboxylic acids is 2. The van der Waals surface area contributed by atoms with Crippen molar-refractivity contribution in [3.63, 3.8) is 0 Å². The molecule has 204 valence electrons. The van der Waals surface area contributed by atoms with E-state index in [1.807, 2.05) is 5.32 Å². The topological polar surface area (TPSA) is 295 Å². The largest absolute Gasteiger partial charge is 0.481 e. The molecule has 0 aromatic heterocycles. The van der Waals surface area contributed by atoms with Gasteiger partial charge < -0.3 is 49.1 Å². The lowest BCUT2D eigenvalue weighted by Gasteiger charge is -2.24. The van der Waals surface area contributed by atoms with Crippen LogP contribution in [0.1, 0.15) is 32.1 Å². The molecular formula is C19H34N8O8S. The van der Waals surface area contributed by atoms with Gasteiger partial charge in [-0.25, -0.2) is 4.79 Å². The number of hydrogen-bond acceptors (Lipinski definition) is 9. The molecule has 17 heteroatoms. The van der Waals surface area contributed by atoms with Crippen molar-refractivity contribution in [3.05, 3.63) is 0 Å². The lowest BCUT2D eigenvalue weighted by molar-refractivity contribution is -0.147. The maximum absolute atomic E-state index is 12.9. The smallest absolute Gasteiger partial charge is 0.326 e. The van der Waals surface area contributed by atoms with Crippen LogP contribution in [-0.4, -0.2) is 94.5 Å². The van der Waals surface area contributed by atoms with E-state index in [1.165, 1.54) is 11.8 Å². The Kier molecular flexibility index (Phi) is 15.2. The third-order valence-corrected chi connectivity index (χ3v) is 5.22. The Labute approximate surface area is 211 Å². The molecule has 0 fully saturated rings. The summed E-state index contributed by atoms with van der Waals surface area (Å²) in [5.41, 5.74) is 21.5. The number of aliphatic carboxylic acids is 2. The maximum atomic E-state index is 12.9. The van der Waals surface area contributed by atoms with Crippen molar-refractivity contribution >= 4 is 53.3 Å². The van der Waals surface area contributed by atoms with Gasteiger partial charge in [0.05, 0.1) is 18.9 Å². The van der Waals surface area contributed by atoms with Crippen molar-refractivity contribution in [2.45, 2.75) is 56.3 Å². The van der Waals surface area contributed by atoms with Gasteiger partial charge in [-0.1, -0.05) is 0 Å². The van der Waals surface area contributed by atoms with Crippen LogP contribution in [0.3, 0.4) is 0 Å². The first-order valence-corrected chi connectivity index (χ1v) is 12.1. The van der Waals surface area contributed by atoms with E-state index in [1.54, 1.807) is 6.26 Å². The molecule has 0 aliphatic carbocycles. The van der Waals surface area contributed by atoms with Crippen molar-refractivity contribution in [1.29, 1.82) is 0 Å². The third kappa shape index (κ3) is 14.0. The minimum absolute atomic E-state index is 0.103. The quantitative estimate of drug-likeness (QED) is 0.0462. The summed E-state index contributed by atoms with van der Waals surface area (Å²) in [5, 5.41) is 24.6. The van der Waals surface area contributed by atoms with E-state index in [2.05, 4.69) is 15.6 Å². The first-order chi connectivity index (χ1) is 16.8. The van der Waals surface area contributed by atoms with Gasteiger partial charge in [-0.2, -0.15) is 11.8 Å². The van der Waals surface area contributed by atoms with E-state index in [0.717, 1.165) is 0 Å². The summed E-state index contributed by atoms with van der Waals surface area (Å²) in [6, 6.07) is -5.56. The van der Waals surface area contributed by atoms with E-state index in [-0.39, 0.29) is 25.3 Å². The molecule has 36 heavy (non-hydrogen) atoms. The van der Waals surface area contributed by atoms with Gasteiger partial charge in [0.2, 0.25) is 23.6 Å². The van der Waals surface area contributed by atoms with Crippen LogP contribution < -0.4 is 38.9 Å². The van der Waals surface area contributed by atoms with E-state index in [9.17, 15) is 28.8 Å². The highest BCUT2D eigenvalue weighted by atomic mass is 32.2. The monoisotopic (exact) mass is 534 g/mol. The Morgan fingerprint density at radius 1 is 0.833 bits per heavy atom. The molecule has 0 rings (SSSR count). The standard InChI is InChI=1S/C19H34N8O8S/c1-36-6-4-10(25-15(31)9(20)3-2-5-24-19(22)23)16(32)26-11(7-13(21)28)17(33)27-12(18(34)35)8-14(29)30/h9-12H,2-8,20H2,1H3,(H2,21,28)(H,25,31)(H,26,32)(H,27,33)(H,29,30)(H,34,35)(H4,22,23,24). The highest BCUT2D eigenvalue weighted by molar-refractivity contribution is 7.98. The summed E-state index contributed by atoms with van der Waals surface area (Å²) >= 11 is 1.38. The second-order valence-corrected chi connectivity index (χ2v) is 8.61. The van der Waals surface area contributed by atoms with Crippen LogP contribution in [0, 0.1) is 0 Å². The van der Waals surface area contributed by atoms with E-state index >= 15 is 0 Å². The van der Waals surface area contributed by atoms with E-state index in [4.69, 9.17) is 33.1 Å². The Bertz CT molecular complexity index is 836. The SMILES string of the molecule is CSCCC(NC(=O)C(N)CCCN=C(N)N)C(=O)NC(CC(N)=O)C(=O)NC(CC(=O)O)C(=O)O. The fourth-order valence-corrected chi connectivity index (χ4v) is 3.23. The number of carbonyl (C=O) groups is 6. The zero-order valence-corrected chi connectivity index (χ0v) is 20.6. The number of thioether (sulfide) groups is 1. The normalized spacial score (nSPS) is 13.8. The first kappa shape index (κ1) is 32.4. The van der Waals surface area contributed by atoms with Gasteiger partial charge in [0, 0.05) is 6.54 Å². The molecule has 0 saturated heterocycles. The van der Waals surface area contributed by atoms with Gasteiger partial charge in [-0.15, -0.1) is 0 Å². The predicted molar refractivity (Wildman–Crippen MR) is 130 cm³/mol. The number of nitrogens with one attached hydrogen (secondary N) is 3. The van der Waals surface area contributed by atoms with Gasteiger partial charge in [0.15, 0.2) is 5.96 Å². The third-order valence-electron chi connectivity index (χ3n) is 4.58. The van der Waals surface area contributed by atoms with Crippen LogP contribution in [0.2, 0.25) is 0 Å². The van der Waals surface area contributed by atoms with Gasteiger partial charge in [0.1, 0.15) is 18.1 Å². The summed E-state index contributed by atoms with van der Waals surface area (Å²) in [7, 11) is 0. The average Bonchev–Trinajstić information content (AvgIpc) is 2.77. The van der Waals surface area contributed by atoms with Crippen molar-refractivity contribution in [1.82, 2.24) is 16.0 Å². The minimum atomic E-state index is -1.81. The molecule has 4 atom stereocenters. The molecule has 4 unspecified atom stereocenters. The highest BCUT2D eigenvalue weighted by Crippen LogP contribution is 2.05. The molecule has 0 aromatic rings. The fourth-order valence-electron chi connectivity index (χ4n) is 2.76. The van der Waals surface area contributed by atoms with Crippen LogP contribution in [0.25, 0.3) is 0 Å². The molecule has 16 nitrogen and oxygen atoms in total. The molecule has 0 heterocycles. The Morgan fingerprint density at radius 2 is 1.39 bits per heavy atom. The Hall–Kier alpha value is -3.60. The number of hydrogen-bond donors (Lipinski definition) is 9. The summed E-state index contributed by atoms with van der Waals surface area (Å²) in [5.74, 6) is -6.42. The lowest BCUT2D eigenvalue weighted by Crippen LogP contribution is -2.58. The number of amides is 4. The van der Waals surface area contributed by atoms with Crippen LogP contribution in [0.4, 0.5) is 0 Å². The first-order valence-electron chi connectivity index (χ1n) is 10.7. The number of carbonyl (C=O) groups excluding carboxylic acids is 4. The summed E-state index contributed by atoms with van der Waals surface area (Å²) in [6.45, 7) is 0.253. The zero-order chi connectivity index (χ0) is 27.8. The van der Waals surface area contributed by atoms with Crippen molar-refractivity contribution in [2.75, 3.05) is 18.6 Å². The van der Waals surface area contributed by atoms with Gasteiger partial charge in [-0.3, -0.25) is 29.0 Å². The van der Waals surface area contributed by atoms with Crippen LogP contribution in [0.15, 0.2) is 4.99 Å². The van der Waals surface area contributed by atoms with Crippen LogP contribution in [-0.2, 0) is 28.8 Å². The van der Waals surface area contributed by atoms with Crippen LogP contribution in [0.5, 0.6) is 0 Å². The average molecular weight is 535 g/mol. The summed E-state index contributed by atoms with van der Waals surface area (Å²) < 4.78 is 0. The second-order valence-electron chi connectivity index (χ2n) is 7.63.